The Morgan fingerprint density at radius 2 is 1.80 bits per heavy atom. The van der Waals surface area contributed by atoms with Crippen molar-refractivity contribution in [3.63, 3.8) is 0 Å². The van der Waals surface area contributed by atoms with Crippen LogP contribution in [0.1, 0.15) is 25.2 Å². The van der Waals surface area contributed by atoms with Crippen molar-refractivity contribution in [2.45, 2.75) is 38.4 Å². The van der Waals surface area contributed by atoms with Crippen LogP contribution in [0.25, 0.3) is 0 Å². The summed E-state index contributed by atoms with van der Waals surface area (Å²) in [7, 11) is 1.59. The van der Waals surface area contributed by atoms with Gasteiger partial charge in [0.2, 0.25) is 5.91 Å². The van der Waals surface area contributed by atoms with Crippen LogP contribution in [0.2, 0.25) is 0 Å². The Kier molecular flexibility index (Phi) is 7.90. The summed E-state index contributed by atoms with van der Waals surface area (Å²) in [6, 6.07) is 17.8. The molecule has 0 unspecified atom stereocenters. The topological polar surface area (TPSA) is 69.0 Å². The van der Waals surface area contributed by atoms with Gasteiger partial charge in [0.05, 0.1) is 18.6 Å². The number of nitrogens with one attached hydrogen (secondary N) is 1. The molecule has 0 fully saturated rings. The average Bonchev–Trinajstić information content (AvgIpc) is 3.12. The van der Waals surface area contributed by atoms with Gasteiger partial charge in [0.15, 0.2) is 5.16 Å². The number of ether oxygens (including phenoxy) is 1. The van der Waals surface area contributed by atoms with Gasteiger partial charge in [-0.15, -0.1) is 10.2 Å². The second-order valence-corrected chi connectivity index (χ2v) is 8.37. The highest BCUT2D eigenvalue weighted by atomic mass is 32.2. The molecule has 0 atom stereocenters. The monoisotopic (exact) mass is 424 g/mol. The first-order chi connectivity index (χ1) is 14.6. The smallest absolute Gasteiger partial charge is 0.234 e. The van der Waals surface area contributed by atoms with Crippen LogP contribution in [0.15, 0.2) is 59.8 Å². The minimum Gasteiger partial charge on any atom is -0.495 e. The Balaban J connectivity index is 1.64. The first-order valence-electron chi connectivity index (χ1n) is 10.1. The minimum absolute atomic E-state index is 0.102. The fourth-order valence-corrected chi connectivity index (χ4v) is 3.89. The van der Waals surface area contributed by atoms with E-state index in [4.69, 9.17) is 4.74 Å². The normalized spacial score (nSPS) is 10.9. The SMILES string of the molecule is COc1ccccc1NC(=O)CSc1nnc(CCc2ccccc2)n1CC(C)C. The van der Waals surface area contributed by atoms with Crippen molar-refractivity contribution in [1.29, 1.82) is 0 Å². The number of amides is 1. The van der Waals surface area contributed by atoms with E-state index in [9.17, 15) is 4.79 Å². The summed E-state index contributed by atoms with van der Waals surface area (Å²) in [5, 5.41) is 12.5. The Morgan fingerprint density at radius 3 is 2.53 bits per heavy atom. The van der Waals surface area contributed by atoms with Crippen LogP contribution in [-0.4, -0.2) is 33.5 Å². The van der Waals surface area contributed by atoms with Gasteiger partial charge < -0.3 is 14.6 Å². The van der Waals surface area contributed by atoms with Crippen molar-refractivity contribution in [3.05, 3.63) is 66.0 Å². The maximum Gasteiger partial charge on any atom is 0.234 e. The fourth-order valence-electron chi connectivity index (χ4n) is 3.12. The molecule has 1 aromatic heterocycles. The predicted octanol–water partition coefficient (Wildman–Crippen LogP) is 4.46. The van der Waals surface area contributed by atoms with Gasteiger partial charge in [-0.2, -0.15) is 0 Å². The molecule has 1 amide bonds. The maximum absolute atomic E-state index is 12.5. The average molecular weight is 425 g/mol. The molecule has 158 valence electrons. The molecule has 3 aromatic rings. The number of carbonyl (C=O) groups is 1. The van der Waals surface area contributed by atoms with Crippen molar-refractivity contribution in [3.8, 4) is 5.75 Å². The van der Waals surface area contributed by atoms with Crippen LogP contribution in [-0.2, 0) is 24.2 Å². The van der Waals surface area contributed by atoms with Gasteiger partial charge in [-0.25, -0.2) is 0 Å². The van der Waals surface area contributed by atoms with Gasteiger partial charge in [-0.1, -0.05) is 68.1 Å². The summed E-state index contributed by atoms with van der Waals surface area (Å²) in [4.78, 5) is 12.5. The molecule has 0 spiro atoms. The quantitative estimate of drug-likeness (QED) is 0.487. The molecule has 0 saturated heterocycles. The summed E-state index contributed by atoms with van der Waals surface area (Å²) in [6.07, 6.45) is 1.73. The zero-order valence-corrected chi connectivity index (χ0v) is 18.5. The standard InChI is InChI=1S/C23H28N4O2S/c1-17(2)15-27-21(14-13-18-9-5-4-6-10-18)25-26-23(27)30-16-22(28)24-19-11-7-8-12-20(19)29-3/h4-12,17H,13-16H2,1-3H3,(H,24,28). The van der Waals surface area contributed by atoms with E-state index >= 15 is 0 Å². The molecule has 7 heteroatoms. The van der Waals surface area contributed by atoms with E-state index < -0.39 is 0 Å². The van der Waals surface area contributed by atoms with Crippen molar-refractivity contribution in [1.82, 2.24) is 14.8 Å². The Bertz CT molecular complexity index is 957. The van der Waals surface area contributed by atoms with E-state index in [-0.39, 0.29) is 11.7 Å². The van der Waals surface area contributed by atoms with Gasteiger partial charge in [0.1, 0.15) is 11.6 Å². The van der Waals surface area contributed by atoms with Crippen LogP contribution >= 0.6 is 11.8 Å². The Labute approximate surface area is 182 Å². The summed E-state index contributed by atoms with van der Waals surface area (Å²) >= 11 is 1.41. The predicted molar refractivity (Wildman–Crippen MR) is 121 cm³/mol. The number of aryl methyl sites for hydroxylation is 2. The summed E-state index contributed by atoms with van der Waals surface area (Å²) in [5.74, 6) is 2.21. The molecule has 1 N–H and O–H groups in total. The van der Waals surface area contributed by atoms with E-state index in [1.165, 1.54) is 17.3 Å². The lowest BCUT2D eigenvalue weighted by atomic mass is 10.1. The number of hydrogen-bond acceptors (Lipinski definition) is 5. The molecule has 0 aliphatic rings. The van der Waals surface area contributed by atoms with Crippen molar-refractivity contribution in [2.75, 3.05) is 18.2 Å². The number of para-hydroxylation sites is 2. The highest BCUT2D eigenvalue weighted by Gasteiger charge is 2.16. The third-order valence-electron chi connectivity index (χ3n) is 4.53. The number of aromatic nitrogens is 3. The van der Waals surface area contributed by atoms with Gasteiger partial charge in [-0.3, -0.25) is 4.79 Å². The number of methoxy groups -OCH3 is 1. The van der Waals surface area contributed by atoms with Gasteiger partial charge in [0, 0.05) is 13.0 Å². The maximum atomic E-state index is 12.5. The number of benzene rings is 2. The molecule has 0 saturated carbocycles. The van der Waals surface area contributed by atoms with Crippen LogP contribution in [0, 0.1) is 5.92 Å². The fraction of sp³-hybridized carbons (Fsp3) is 0.348. The molecular weight excluding hydrogens is 396 g/mol. The molecule has 2 aromatic carbocycles. The summed E-state index contributed by atoms with van der Waals surface area (Å²) in [6.45, 7) is 5.17. The van der Waals surface area contributed by atoms with Crippen LogP contribution in [0.4, 0.5) is 5.69 Å². The molecule has 6 nitrogen and oxygen atoms in total. The van der Waals surface area contributed by atoms with Crippen molar-refractivity contribution < 1.29 is 9.53 Å². The van der Waals surface area contributed by atoms with Gasteiger partial charge in [0.25, 0.3) is 0 Å². The number of nitrogens with zero attached hydrogens (tertiary/aromatic N) is 3. The van der Waals surface area contributed by atoms with Gasteiger partial charge >= 0.3 is 0 Å². The van der Waals surface area contributed by atoms with E-state index in [0.717, 1.165) is 30.4 Å². The number of thioether (sulfide) groups is 1. The molecule has 0 radical (unpaired) electrons. The van der Waals surface area contributed by atoms with Crippen LogP contribution in [0.3, 0.4) is 0 Å². The first-order valence-corrected chi connectivity index (χ1v) is 11.1. The number of hydrogen-bond donors (Lipinski definition) is 1. The lowest BCUT2D eigenvalue weighted by molar-refractivity contribution is -0.113. The zero-order chi connectivity index (χ0) is 21.3. The highest BCUT2D eigenvalue weighted by molar-refractivity contribution is 7.99. The zero-order valence-electron chi connectivity index (χ0n) is 17.7. The van der Waals surface area contributed by atoms with E-state index in [1.807, 2.05) is 30.3 Å². The van der Waals surface area contributed by atoms with E-state index in [0.29, 0.717) is 17.4 Å². The minimum atomic E-state index is -0.102. The highest BCUT2D eigenvalue weighted by Crippen LogP contribution is 2.24. The van der Waals surface area contributed by atoms with Crippen LogP contribution in [0.5, 0.6) is 5.75 Å². The first kappa shape index (κ1) is 21.9. The largest absolute Gasteiger partial charge is 0.495 e. The van der Waals surface area contributed by atoms with Crippen molar-refractivity contribution in [2.24, 2.45) is 5.92 Å². The molecule has 0 aliphatic carbocycles. The molecule has 1 heterocycles. The molecule has 0 aliphatic heterocycles. The molecule has 3 rings (SSSR count). The second-order valence-electron chi connectivity index (χ2n) is 7.43. The number of rotatable bonds is 10. The Morgan fingerprint density at radius 1 is 1.07 bits per heavy atom. The van der Waals surface area contributed by atoms with Crippen LogP contribution < -0.4 is 10.1 Å². The molecule has 30 heavy (non-hydrogen) atoms. The van der Waals surface area contributed by atoms with E-state index in [2.05, 4.69) is 58.2 Å². The third-order valence-corrected chi connectivity index (χ3v) is 5.50. The number of anilines is 1. The third kappa shape index (κ3) is 6.10. The summed E-state index contributed by atoms with van der Waals surface area (Å²) < 4.78 is 7.44. The lowest BCUT2D eigenvalue weighted by Crippen LogP contribution is -2.16. The second kappa shape index (κ2) is 10.8. The molecular formula is C23H28N4O2S. The number of carbonyl (C=O) groups excluding carboxylic acids is 1. The summed E-state index contributed by atoms with van der Waals surface area (Å²) in [5.41, 5.74) is 1.94. The van der Waals surface area contributed by atoms with Crippen molar-refractivity contribution >= 4 is 23.4 Å². The molecule has 0 bridgehead atoms. The Hall–Kier alpha value is -2.80. The van der Waals surface area contributed by atoms with Gasteiger partial charge in [-0.05, 0) is 30.0 Å². The lowest BCUT2D eigenvalue weighted by Gasteiger charge is -2.13. The van der Waals surface area contributed by atoms with E-state index in [1.54, 1.807) is 7.11 Å².